The van der Waals surface area contributed by atoms with Crippen molar-refractivity contribution in [2.24, 2.45) is 5.92 Å². The molecule has 1 aliphatic rings. The van der Waals surface area contributed by atoms with Crippen molar-refractivity contribution < 1.29 is 32.2 Å². The van der Waals surface area contributed by atoms with Crippen LogP contribution in [0.25, 0.3) is 0 Å². The summed E-state index contributed by atoms with van der Waals surface area (Å²) in [5.41, 5.74) is -0.164. The Bertz CT molecular complexity index is 985. The molecule has 0 spiro atoms. The maximum atomic E-state index is 13.9. The van der Waals surface area contributed by atoms with E-state index >= 15 is 0 Å². The number of methoxy groups -OCH3 is 1. The van der Waals surface area contributed by atoms with E-state index in [0.717, 1.165) is 0 Å². The first kappa shape index (κ1) is 22.4. The normalized spacial score (nSPS) is 18.5. The number of nitrogens with one attached hydrogen (secondary N) is 1. The molecular formula is C23H22F3NO4. The third kappa shape index (κ3) is 5.07. The van der Waals surface area contributed by atoms with E-state index < -0.39 is 46.9 Å². The van der Waals surface area contributed by atoms with Crippen LogP contribution >= 0.6 is 0 Å². The number of amides is 1. The van der Waals surface area contributed by atoms with E-state index in [9.17, 15) is 22.8 Å². The molecule has 5 nitrogen and oxygen atoms in total. The Labute approximate surface area is 177 Å². The zero-order chi connectivity index (χ0) is 22.5. The Morgan fingerprint density at radius 1 is 1.13 bits per heavy atom. The summed E-state index contributed by atoms with van der Waals surface area (Å²) < 4.78 is 51.4. The highest BCUT2D eigenvalue weighted by molar-refractivity contribution is 5.95. The van der Waals surface area contributed by atoms with Gasteiger partial charge < -0.3 is 14.8 Å². The number of benzene rings is 2. The van der Waals surface area contributed by atoms with Gasteiger partial charge in [0.25, 0.3) is 5.91 Å². The number of hydrogen-bond donors (Lipinski definition) is 1. The quantitative estimate of drug-likeness (QED) is 0.527. The molecule has 164 valence electrons. The zero-order valence-corrected chi connectivity index (χ0v) is 17.0. The van der Waals surface area contributed by atoms with Gasteiger partial charge in [-0.3, -0.25) is 9.59 Å². The van der Waals surface area contributed by atoms with Crippen LogP contribution in [0.1, 0.15) is 35.2 Å². The second-order valence-electron chi connectivity index (χ2n) is 7.12. The summed E-state index contributed by atoms with van der Waals surface area (Å²) in [4.78, 5) is 25.0. The van der Waals surface area contributed by atoms with E-state index in [0.29, 0.717) is 29.9 Å². The molecule has 31 heavy (non-hydrogen) atoms. The van der Waals surface area contributed by atoms with Crippen molar-refractivity contribution in [1.29, 1.82) is 0 Å². The molecule has 1 amide bonds. The van der Waals surface area contributed by atoms with E-state index in [2.05, 4.69) is 5.32 Å². The molecule has 0 bridgehead atoms. The first-order valence-corrected chi connectivity index (χ1v) is 9.78. The van der Waals surface area contributed by atoms with E-state index in [1.807, 2.05) is 0 Å². The molecule has 3 rings (SSSR count). The van der Waals surface area contributed by atoms with Gasteiger partial charge in [-0.15, -0.1) is 0 Å². The van der Waals surface area contributed by atoms with E-state index in [1.165, 1.54) is 7.11 Å². The first-order chi connectivity index (χ1) is 14.8. The van der Waals surface area contributed by atoms with Crippen LogP contribution in [0.15, 0.2) is 48.6 Å². The van der Waals surface area contributed by atoms with Crippen LogP contribution in [-0.4, -0.2) is 31.6 Å². The van der Waals surface area contributed by atoms with Crippen LogP contribution in [-0.2, 0) is 9.53 Å². The summed E-state index contributed by atoms with van der Waals surface area (Å²) >= 11 is 0. The van der Waals surface area contributed by atoms with Crippen molar-refractivity contribution in [3.8, 4) is 5.75 Å². The molecule has 2 aromatic rings. The van der Waals surface area contributed by atoms with Crippen molar-refractivity contribution in [2.45, 2.75) is 25.3 Å². The molecule has 0 unspecified atom stereocenters. The van der Waals surface area contributed by atoms with Gasteiger partial charge in [-0.2, -0.15) is 0 Å². The topological polar surface area (TPSA) is 64.6 Å². The molecular weight excluding hydrogens is 411 g/mol. The number of carbonyl (C=O) groups is 2. The highest BCUT2D eigenvalue weighted by Crippen LogP contribution is 2.36. The predicted molar refractivity (Wildman–Crippen MR) is 107 cm³/mol. The van der Waals surface area contributed by atoms with Gasteiger partial charge in [0.05, 0.1) is 19.6 Å². The summed E-state index contributed by atoms with van der Waals surface area (Å²) in [5.74, 6) is -5.48. The van der Waals surface area contributed by atoms with Gasteiger partial charge in [-0.05, 0) is 37.0 Å². The number of rotatable bonds is 7. The molecule has 3 atom stereocenters. The summed E-state index contributed by atoms with van der Waals surface area (Å²) in [5, 5.41) is 2.52. The zero-order valence-electron chi connectivity index (χ0n) is 17.0. The average Bonchev–Trinajstić information content (AvgIpc) is 3.15. The molecule has 0 saturated carbocycles. The number of carbonyl (C=O) groups excluding carboxylic acids is 2. The van der Waals surface area contributed by atoms with Crippen LogP contribution < -0.4 is 10.1 Å². The lowest BCUT2D eigenvalue weighted by Crippen LogP contribution is -2.35. The summed E-state index contributed by atoms with van der Waals surface area (Å²) in [6.45, 7) is 1.92. The Kier molecular flexibility index (Phi) is 6.99. The minimum Gasteiger partial charge on any atom is -0.497 e. The fraction of sp³-hybridized carbons (Fsp3) is 0.304. The monoisotopic (exact) mass is 433 g/mol. The van der Waals surface area contributed by atoms with E-state index in [-0.39, 0.29) is 12.5 Å². The van der Waals surface area contributed by atoms with E-state index in [4.69, 9.17) is 9.47 Å². The lowest BCUT2D eigenvalue weighted by molar-refractivity contribution is -0.146. The van der Waals surface area contributed by atoms with Crippen molar-refractivity contribution in [2.75, 3.05) is 13.7 Å². The molecule has 0 fully saturated rings. The molecule has 0 radical (unpaired) electrons. The summed E-state index contributed by atoms with van der Waals surface area (Å²) in [7, 11) is 1.52. The number of halogens is 3. The summed E-state index contributed by atoms with van der Waals surface area (Å²) in [6.07, 6.45) is 3.74. The molecule has 1 N–H and O–H groups in total. The fourth-order valence-electron chi connectivity index (χ4n) is 3.71. The second-order valence-corrected chi connectivity index (χ2v) is 7.12. The maximum Gasteiger partial charge on any atom is 0.314 e. The second kappa shape index (κ2) is 9.68. The highest BCUT2D eigenvalue weighted by atomic mass is 19.1. The van der Waals surface area contributed by atoms with Crippen LogP contribution in [0, 0.1) is 23.4 Å². The fourth-order valence-corrected chi connectivity index (χ4v) is 3.71. The molecule has 2 aromatic carbocycles. The molecule has 0 saturated heterocycles. The number of hydrogen-bond acceptors (Lipinski definition) is 4. The number of esters is 1. The highest BCUT2D eigenvalue weighted by Gasteiger charge is 2.35. The minimum absolute atomic E-state index is 0.207. The predicted octanol–water partition coefficient (Wildman–Crippen LogP) is 4.13. The third-order valence-corrected chi connectivity index (χ3v) is 5.09. The van der Waals surface area contributed by atoms with Gasteiger partial charge in [0, 0.05) is 18.2 Å². The van der Waals surface area contributed by atoms with Crippen molar-refractivity contribution in [1.82, 2.24) is 5.32 Å². The van der Waals surface area contributed by atoms with Gasteiger partial charge in [0.1, 0.15) is 28.8 Å². The molecule has 1 aliphatic carbocycles. The molecule has 0 aromatic heterocycles. The first-order valence-electron chi connectivity index (χ1n) is 9.78. The van der Waals surface area contributed by atoms with Gasteiger partial charge in [-0.1, -0.05) is 24.3 Å². The van der Waals surface area contributed by atoms with Crippen molar-refractivity contribution in [3.05, 3.63) is 77.1 Å². The Morgan fingerprint density at radius 2 is 1.84 bits per heavy atom. The van der Waals surface area contributed by atoms with Gasteiger partial charge in [0.2, 0.25) is 0 Å². The Balaban J connectivity index is 1.77. The lowest BCUT2D eigenvalue weighted by atomic mass is 9.85. The van der Waals surface area contributed by atoms with Crippen molar-refractivity contribution in [3.63, 3.8) is 0 Å². The van der Waals surface area contributed by atoms with Gasteiger partial charge in [0.15, 0.2) is 0 Å². The Hall–Kier alpha value is -3.29. The third-order valence-electron chi connectivity index (χ3n) is 5.09. The summed E-state index contributed by atoms with van der Waals surface area (Å²) in [6, 6.07) is 7.38. The Morgan fingerprint density at radius 3 is 2.48 bits per heavy atom. The van der Waals surface area contributed by atoms with Crippen LogP contribution in [0.4, 0.5) is 13.2 Å². The molecule has 0 heterocycles. The standard InChI is InChI=1S/C23H22F3NO4/c1-3-31-23(29)20(13-5-4-6-17(10-13)30-2)14-7-8-16(9-14)27-22(28)21-18(25)11-15(24)12-19(21)26/h4-8,10-12,14,16,20H,3,9H2,1-2H3,(H,27,28)/t14-,16-,20-/m1/s1. The van der Waals surface area contributed by atoms with Crippen molar-refractivity contribution >= 4 is 11.9 Å². The average molecular weight is 433 g/mol. The van der Waals surface area contributed by atoms with Gasteiger partial charge in [-0.25, -0.2) is 13.2 Å². The van der Waals surface area contributed by atoms with Gasteiger partial charge >= 0.3 is 5.97 Å². The minimum atomic E-state index is -1.28. The molecule has 8 heteroatoms. The smallest absolute Gasteiger partial charge is 0.314 e. The van der Waals surface area contributed by atoms with E-state index in [1.54, 1.807) is 43.3 Å². The van der Waals surface area contributed by atoms with Crippen LogP contribution in [0.5, 0.6) is 5.75 Å². The van der Waals surface area contributed by atoms with Crippen LogP contribution in [0.2, 0.25) is 0 Å². The number of allylic oxidation sites excluding steroid dienone is 1. The number of ether oxygens (including phenoxy) is 2. The lowest BCUT2D eigenvalue weighted by Gasteiger charge is -2.23. The maximum absolute atomic E-state index is 13.9. The van der Waals surface area contributed by atoms with Crippen LogP contribution in [0.3, 0.4) is 0 Å². The molecule has 0 aliphatic heterocycles. The SMILES string of the molecule is CCOC(=O)[C@H](c1cccc(OC)c1)[C@@H]1C=C[C@@H](NC(=O)c2c(F)cc(F)cc2F)C1. The largest absolute Gasteiger partial charge is 0.497 e.